The number of methoxy groups -OCH3 is 1. The molecule has 1 atom stereocenters. The van der Waals surface area contributed by atoms with Gasteiger partial charge < -0.3 is 10.1 Å². The molecule has 0 aliphatic carbocycles. The summed E-state index contributed by atoms with van der Waals surface area (Å²) in [6.45, 7) is 3.77. The van der Waals surface area contributed by atoms with Crippen LogP contribution in [-0.4, -0.2) is 37.6 Å². The molecule has 8 nitrogen and oxygen atoms in total. The zero-order valence-corrected chi connectivity index (χ0v) is 12.3. The average molecular weight is 288 g/mol. The van der Waals surface area contributed by atoms with Gasteiger partial charge in [-0.3, -0.25) is 4.68 Å². The number of carbonyl (C=O) groups excluding carboxylic acids is 1. The number of allylic oxidation sites excluding steroid dienone is 1. The number of carbonyl (C=O) groups is 1. The molecule has 0 bridgehead atoms. The smallest absolute Gasteiger partial charge is 0.338 e. The molecule has 2 aromatic heterocycles. The molecule has 2 aromatic rings. The maximum Gasteiger partial charge on any atom is 0.338 e. The van der Waals surface area contributed by atoms with E-state index in [4.69, 9.17) is 4.74 Å². The van der Waals surface area contributed by atoms with Gasteiger partial charge in [-0.25, -0.2) is 9.48 Å². The molecule has 0 saturated heterocycles. The molecule has 1 aliphatic heterocycles. The van der Waals surface area contributed by atoms with E-state index in [0.29, 0.717) is 17.2 Å². The maximum atomic E-state index is 12.2. The second kappa shape index (κ2) is 4.72. The zero-order valence-electron chi connectivity index (χ0n) is 12.3. The van der Waals surface area contributed by atoms with Crippen molar-refractivity contribution in [2.75, 3.05) is 12.4 Å². The predicted octanol–water partition coefficient (Wildman–Crippen LogP) is 0.782. The van der Waals surface area contributed by atoms with Crippen molar-refractivity contribution in [2.45, 2.75) is 19.9 Å². The molecule has 1 unspecified atom stereocenters. The van der Waals surface area contributed by atoms with Gasteiger partial charge in [0.15, 0.2) is 0 Å². The highest BCUT2D eigenvalue weighted by molar-refractivity contribution is 5.92. The van der Waals surface area contributed by atoms with Crippen LogP contribution in [0.25, 0.3) is 0 Å². The molecule has 0 fully saturated rings. The highest BCUT2D eigenvalue weighted by Gasteiger charge is 2.35. The van der Waals surface area contributed by atoms with Gasteiger partial charge >= 0.3 is 5.97 Å². The monoisotopic (exact) mass is 288 g/mol. The van der Waals surface area contributed by atoms with E-state index in [9.17, 15) is 4.79 Å². The summed E-state index contributed by atoms with van der Waals surface area (Å²) in [5.74, 6) is 0.197. The molecule has 0 aromatic carbocycles. The van der Waals surface area contributed by atoms with Gasteiger partial charge in [0, 0.05) is 24.0 Å². The van der Waals surface area contributed by atoms with Crippen molar-refractivity contribution in [2.24, 2.45) is 7.05 Å². The lowest BCUT2D eigenvalue weighted by atomic mass is 9.96. The van der Waals surface area contributed by atoms with Crippen molar-refractivity contribution in [3.05, 3.63) is 35.1 Å². The summed E-state index contributed by atoms with van der Waals surface area (Å²) in [6.07, 6.45) is 3.20. The fraction of sp³-hybridized carbons (Fsp3) is 0.385. The van der Waals surface area contributed by atoms with Crippen molar-refractivity contribution in [1.82, 2.24) is 24.5 Å². The Morgan fingerprint density at radius 3 is 2.76 bits per heavy atom. The van der Waals surface area contributed by atoms with E-state index in [-0.39, 0.29) is 0 Å². The number of nitrogens with one attached hydrogen (secondary N) is 1. The molecule has 0 saturated carbocycles. The Balaban J connectivity index is 2.22. The summed E-state index contributed by atoms with van der Waals surface area (Å²) < 4.78 is 8.36. The quantitative estimate of drug-likeness (QED) is 0.822. The molecule has 3 rings (SSSR count). The molecule has 21 heavy (non-hydrogen) atoms. The van der Waals surface area contributed by atoms with Gasteiger partial charge in [-0.05, 0) is 13.8 Å². The lowest BCUT2D eigenvalue weighted by Crippen LogP contribution is -2.29. The van der Waals surface area contributed by atoms with E-state index in [1.54, 1.807) is 15.6 Å². The summed E-state index contributed by atoms with van der Waals surface area (Å²) in [6, 6.07) is -0.398. The third-order valence-corrected chi connectivity index (χ3v) is 3.77. The Morgan fingerprint density at radius 2 is 2.14 bits per heavy atom. The van der Waals surface area contributed by atoms with E-state index in [2.05, 4.69) is 20.5 Å². The third kappa shape index (κ3) is 1.91. The molecule has 1 aliphatic rings. The number of anilines is 1. The maximum absolute atomic E-state index is 12.2. The Labute approximate surface area is 121 Å². The summed E-state index contributed by atoms with van der Waals surface area (Å²) in [7, 11) is 3.23. The van der Waals surface area contributed by atoms with Gasteiger partial charge in [-0.1, -0.05) is 0 Å². The van der Waals surface area contributed by atoms with Crippen LogP contribution in [0.2, 0.25) is 0 Å². The molecule has 0 radical (unpaired) electrons. The first kappa shape index (κ1) is 13.3. The minimum atomic E-state index is -0.398. The van der Waals surface area contributed by atoms with Crippen molar-refractivity contribution in [3.8, 4) is 0 Å². The Kier molecular flexibility index (Phi) is 3.00. The molecule has 1 N–H and O–H groups in total. The molecular formula is C13H16N6O2. The van der Waals surface area contributed by atoms with E-state index >= 15 is 0 Å². The Morgan fingerprint density at radius 1 is 1.38 bits per heavy atom. The third-order valence-electron chi connectivity index (χ3n) is 3.77. The van der Waals surface area contributed by atoms with Gasteiger partial charge in [-0.15, -0.1) is 0 Å². The van der Waals surface area contributed by atoms with Crippen LogP contribution in [0.1, 0.15) is 24.2 Å². The average Bonchev–Trinajstić information content (AvgIpc) is 3.05. The summed E-state index contributed by atoms with van der Waals surface area (Å²) in [4.78, 5) is 16.4. The number of ether oxygens (including phenoxy) is 1. The van der Waals surface area contributed by atoms with Crippen molar-refractivity contribution in [1.29, 1.82) is 0 Å². The van der Waals surface area contributed by atoms with Crippen LogP contribution < -0.4 is 5.32 Å². The first-order chi connectivity index (χ1) is 10.0. The number of nitrogens with zero attached hydrogens (tertiary/aromatic N) is 5. The minimum absolute atomic E-state index is 0.394. The Hall–Kier alpha value is -2.64. The predicted molar refractivity (Wildman–Crippen MR) is 74.4 cm³/mol. The number of rotatable bonds is 2. The topological polar surface area (TPSA) is 86.9 Å². The number of hydrogen-bond donors (Lipinski definition) is 1. The first-order valence-corrected chi connectivity index (χ1v) is 6.48. The summed E-state index contributed by atoms with van der Waals surface area (Å²) in [5, 5.41) is 11.6. The summed E-state index contributed by atoms with van der Waals surface area (Å²) in [5.41, 5.74) is 3.06. The largest absolute Gasteiger partial charge is 0.466 e. The molecular weight excluding hydrogens is 272 g/mol. The van der Waals surface area contributed by atoms with Crippen molar-refractivity contribution >= 4 is 11.9 Å². The van der Waals surface area contributed by atoms with Crippen LogP contribution >= 0.6 is 0 Å². The fourth-order valence-electron chi connectivity index (χ4n) is 2.54. The van der Waals surface area contributed by atoms with Crippen molar-refractivity contribution in [3.63, 3.8) is 0 Å². The normalized spacial score (nSPS) is 17.4. The van der Waals surface area contributed by atoms with E-state index in [0.717, 1.165) is 11.3 Å². The standard InChI is InChI=1S/C13H16N6O2/c1-7-10(12(20)21-4)11(9-5-15-18(3)8(9)2)19-13(17-7)14-6-16-19/h5-6,11H,1-4H3,(H,14,16,17). The highest BCUT2D eigenvalue weighted by Crippen LogP contribution is 2.36. The molecule has 110 valence electrons. The minimum Gasteiger partial charge on any atom is -0.466 e. The number of aromatic nitrogens is 5. The second-order valence-corrected chi connectivity index (χ2v) is 4.89. The molecule has 0 spiro atoms. The number of esters is 1. The number of fused-ring (bicyclic) bond motifs is 1. The fourth-order valence-corrected chi connectivity index (χ4v) is 2.54. The lowest BCUT2D eigenvalue weighted by molar-refractivity contribution is -0.136. The van der Waals surface area contributed by atoms with Crippen molar-refractivity contribution < 1.29 is 9.53 Å². The van der Waals surface area contributed by atoms with E-state index in [1.807, 2.05) is 20.9 Å². The first-order valence-electron chi connectivity index (χ1n) is 6.48. The van der Waals surface area contributed by atoms with Crippen LogP contribution in [0.15, 0.2) is 23.8 Å². The number of hydrogen-bond acceptors (Lipinski definition) is 6. The summed E-state index contributed by atoms with van der Waals surface area (Å²) >= 11 is 0. The molecule has 3 heterocycles. The van der Waals surface area contributed by atoms with Crippen LogP contribution in [0.3, 0.4) is 0 Å². The number of aryl methyl sites for hydroxylation is 1. The van der Waals surface area contributed by atoms with E-state index < -0.39 is 12.0 Å². The van der Waals surface area contributed by atoms with Crippen LogP contribution in [-0.2, 0) is 16.6 Å². The van der Waals surface area contributed by atoms with Gasteiger partial charge in [0.2, 0.25) is 5.95 Å². The zero-order chi connectivity index (χ0) is 15.1. The van der Waals surface area contributed by atoms with Crippen LogP contribution in [0.5, 0.6) is 0 Å². The highest BCUT2D eigenvalue weighted by atomic mass is 16.5. The molecule has 8 heteroatoms. The molecule has 0 amide bonds. The van der Waals surface area contributed by atoms with Crippen LogP contribution in [0.4, 0.5) is 5.95 Å². The Bertz CT molecular complexity index is 742. The SMILES string of the molecule is COC(=O)C1=C(C)Nc2ncnn2C1c1cnn(C)c1C. The van der Waals surface area contributed by atoms with Gasteiger partial charge in [0.25, 0.3) is 0 Å². The lowest BCUT2D eigenvalue weighted by Gasteiger charge is -2.27. The van der Waals surface area contributed by atoms with Crippen LogP contribution in [0, 0.1) is 6.92 Å². The van der Waals surface area contributed by atoms with E-state index in [1.165, 1.54) is 13.4 Å². The van der Waals surface area contributed by atoms with Gasteiger partial charge in [0.05, 0.1) is 18.9 Å². The second-order valence-electron chi connectivity index (χ2n) is 4.89. The van der Waals surface area contributed by atoms with Gasteiger partial charge in [-0.2, -0.15) is 15.2 Å². The van der Waals surface area contributed by atoms with Gasteiger partial charge in [0.1, 0.15) is 12.4 Å².